The molecule has 3 aromatic heterocycles. The van der Waals surface area contributed by atoms with Crippen LogP contribution in [-0.4, -0.2) is 60.5 Å². The van der Waals surface area contributed by atoms with Crippen LogP contribution >= 0.6 is 0 Å². The van der Waals surface area contributed by atoms with Crippen LogP contribution in [0.2, 0.25) is 43.8 Å². The van der Waals surface area contributed by atoms with Gasteiger partial charge in [-0.25, -0.2) is 9.97 Å². The summed E-state index contributed by atoms with van der Waals surface area (Å²) in [6.45, 7) is 20.4. The summed E-state index contributed by atoms with van der Waals surface area (Å²) in [6.07, 6.45) is 7.88. The molecule has 9 nitrogen and oxygen atoms in total. The third kappa shape index (κ3) is 6.54. The maximum Gasteiger partial charge on any atom is 0.262 e. The first kappa shape index (κ1) is 30.1. The number of carbonyl (C=O) groups excluding carboxylic acids is 2. The van der Waals surface area contributed by atoms with Gasteiger partial charge in [-0.3, -0.25) is 14.9 Å². The van der Waals surface area contributed by atoms with Crippen molar-refractivity contribution in [1.29, 1.82) is 0 Å². The first-order valence-corrected chi connectivity index (χ1v) is 20.6. The van der Waals surface area contributed by atoms with Crippen molar-refractivity contribution in [3.8, 4) is 0 Å². The molecule has 0 aliphatic carbocycles. The number of rotatable bonds is 12. The van der Waals surface area contributed by atoms with Crippen LogP contribution < -0.4 is 5.32 Å². The van der Waals surface area contributed by atoms with Crippen molar-refractivity contribution in [1.82, 2.24) is 24.4 Å². The van der Waals surface area contributed by atoms with Crippen molar-refractivity contribution in [3.05, 3.63) is 48.3 Å². The minimum Gasteiger partial charge on any atom is -0.417 e. The largest absolute Gasteiger partial charge is 0.417 e. The molecule has 0 unspecified atom stereocenters. The second kappa shape index (κ2) is 11.6. The SMILES string of the molecule is CC(C)(C)[Si](C)(C)OCCCn1cc(C2=C(c3nccn3COCC[Si](C)(C)C)C(=O)NC2=O)c2cccnc21. The molecule has 40 heavy (non-hydrogen) atoms. The number of fused-ring (bicyclic) bond motifs is 1. The normalized spacial score (nSPS) is 15.0. The maximum atomic E-state index is 13.2. The number of aryl methyl sites for hydroxylation is 1. The number of imidazole rings is 1. The standard InChI is InChI=1S/C29H43N5O4Si2/c1-29(2,3)40(7,8)38-16-10-14-33-19-22(21-11-9-12-30-25(21)33)23-24(28(36)32-27(23)35)26-31-13-15-34(26)20-37-17-18-39(4,5)6/h9,11-13,15,19H,10,14,16-18,20H2,1-8H3,(H,32,35,36). The van der Waals surface area contributed by atoms with E-state index in [-0.39, 0.29) is 17.3 Å². The summed E-state index contributed by atoms with van der Waals surface area (Å²) in [5, 5.41) is 3.45. The molecule has 0 aromatic carbocycles. The summed E-state index contributed by atoms with van der Waals surface area (Å²) >= 11 is 0. The first-order chi connectivity index (χ1) is 18.7. The molecule has 2 amide bonds. The molecule has 216 valence electrons. The Kier molecular flexibility index (Phi) is 8.69. The van der Waals surface area contributed by atoms with E-state index in [1.807, 2.05) is 22.9 Å². The molecule has 1 aliphatic rings. The highest BCUT2D eigenvalue weighted by atomic mass is 28.4. The average molecular weight is 582 g/mol. The molecule has 1 N–H and O–H groups in total. The zero-order valence-corrected chi connectivity index (χ0v) is 27.1. The molecule has 4 heterocycles. The smallest absolute Gasteiger partial charge is 0.262 e. The first-order valence-electron chi connectivity index (χ1n) is 14.0. The molecular weight excluding hydrogens is 539 g/mol. The van der Waals surface area contributed by atoms with E-state index in [0.29, 0.717) is 36.7 Å². The molecule has 11 heteroatoms. The monoisotopic (exact) mass is 581 g/mol. The highest BCUT2D eigenvalue weighted by molar-refractivity contribution is 6.76. The number of imide groups is 1. The number of hydrogen-bond acceptors (Lipinski definition) is 6. The summed E-state index contributed by atoms with van der Waals surface area (Å²) < 4.78 is 16.1. The Morgan fingerprint density at radius 3 is 2.38 bits per heavy atom. The van der Waals surface area contributed by atoms with E-state index < -0.39 is 28.2 Å². The van der Waals surface area contributed by atoms with E-state index in [2.05, 4.69) is 68.8 Å². The van der Waals surface area contributed by atoms with Gasteiger partial charge >= 0.3 is 0 Å². The highest BCUT2D eigenvalue weighted by Gasteiger charge is 2.37. The lowest BCUT2D eigenvalue weighted by molar-refractivity contribution is -0.122. The van der Waals surface area contributed by atoms with Crippen molar-refractivity contribution in [3.63, 3.8) is 0 Å². The zero-order chi connectivity index (χ0) is 29.3. The van der Waals surface area contributed by atoms with E-state index in [0.717, 1.165) is 23.5 Å². The summed E-state index contributed by atoms with van der Waals surface area (Å²) in [6, 6.07) is 4.82. The third-order valence-corrected chi connectivity index (χ3v) is 14.1. The molecule has 3 aromatic rings. The summed E-state index contributed by atoms with van der Waals surface area (Å²) in [5.74, 6) is -0.473. The number of pyridine rings is 1. The maximum absolute atomic E-state index is 13.2. The van der Waals surface area contributed by atoms with Gasteiger partial charge in [-0.05, 0) is 42.7 Å². The Bertz CT molecular complexity index is 1430. The number of nitrogens with one attached hydrogen (secondary N) is 1. The lowest BCUT2D eigenvalue weighted by Gasteiger charge is -2.36. The van der Waals surface area contributed by atoms with Crippen molar-refractivity contribution >= 4 is 50.4 Å². The fourth-order valence-electron chi connectivity index (χ4n) is 4.38. The quantitative estimate of drug-likeness (QED) is 0.172. The molecule has 0 fully saturated rings. The fourth-order valence-corrected chi connectivity index (χ4v) is 6.22. The third-order valence-electron chi connectivity index (χ3n) is 7.81. The molecule has 4 rings (SSSR count). The zero-order valence-electron chi connectivity index (χ0n) is 25.1. The van der Waals surface area contributed by atoms with Gasteiger partial charge in [0.1, 0.15) is 18.2 Å². The van der Waals surface area contributed by atoms with Crippen LogP contribution in [0.5, 0.6) is 0 Å². The van der Waals surface area contributed by atoms with Gasteiger partial charge in [0.25, 0.3) is 11.8 Å². The Morgan fingerprint density at radius 2 is 1.68 bits per heavy atom. The number of nitrogens with zero attached hydrogens (tertiary/aromatic N) is 4. The minimum absolute atomic E-state index is 0.151. The van der Waals surface area contributed by atoms with E-state index in [1.165, 1.54) is 0 Å². The fraction of sp³-hybridized carbons (Fsp3) is 0.517. The van der Waals surface area contributed by atoms with Gasteiger partial charge in [0.15, 0.2) is 8.32 Å². The van der Waals surface area contributed by atoms with E-state index in [4.69, 9.17) is 9.16 Å². The van der Waals surface area contributed by atoms with Crippen molar-refractivity contribution < 1.29 is 18.8 Å². The molecule has 1 aliphatic heterocycles. The van der Waals surface area contributed by atoms with Gasteiger partial charge in [0, 0.05) is 63.6 Å². The van der Waals surface area contributed by atoms with Gasteiger partial charge < -0.3 is 18.3 Å². The highest BCUT2D eigenvalue weighted by Crippen LogP contribution is 2.37. The van der Waals surface area contributed by atoms with Crippen LogP contribution in [0.15, 0.2) is 36.9 Å². The predicted molar refractivity (Wildman–Crippen MR) is 164 cm³/mol. The molecule has 0 radical (unpaired) electrons. The van der Waals surface area contributed by atoms with Crippen LogP contribution in [0.3, 0.4) is 0 Å². The number of carbonyl (C=O) groups is 2. The number of ether oxygens (including phenoxy) is 1. The average Bonchev–Trinajstić information content (AvgIpc) is 3.53. The van der Waals surface area contributed by atoms with Crippen LogP contribution in [0.25, 0.3) is 22.2 Å². The summed E-state index contributed by atoms with van der Waals surface area (Å²) in [5.41, 5.74) is 2.00. The lowest BCUT2D eigenvalue weighted by Crippen LogP contribution is -2.41. The van der Waals surface area contributed by atoms with E-state index >= 15 is 0 Å². The molecule has 0 spiro atoms. The summed E-state index contributed by atoms with van der Waals surface area (Å²) in [7, 11) is -3.07. The van der Waals surface area contributed by atoms with Crippen molar-refractivity contribution in [2.24, 2.45) is 0 Å². The summed E-state index contributed by atoms with van der Waals surface area (Å²) in [4.78, 5) is 35.4. The van der Waals surface area contributed by atoms with Gasteiger partial charge in [-0.15, -0.1) is 0 Å². The van der Waals surface area contributed by atoms with E-state index in [1.54, 1.807) is 23.2 Å². The second-order valence-electron chi connectivity index (χ2n) is 13.2. The van der Waals surface area contributed by atoms with Gasteiger partial charge in [-0.1, -0.05) is 40.4 Å². The molecule has 0 saturated carbocycles. The van der Waals surface area contributed by atoms with Gasteiger partial charge in [-0.2, -0.15) is 0 Å². The molecular formula is C29H43N5O4Si2. The molecule has 0 atom stereocenters. The Morgan fingerprint density at radius 1 is 0.950 bits per heavy atom. The Labute approximate surface area is 239 Å². The number of aromatic nitrogens is 4. The van der Waals surface area contributed by atoms with Crippen LogP contribution in [0, 0.1) is 0 Å². The van der Waals surface area contributed by atoms with Gasteiger partial charge in [0.05, 0.1) is 11.1 Å². The topological polar surface area (TPSA) is 100 Å². The van der Waals surface area contributed by atoms with Gasteiger partial charge in [0.2, 0.25) is 0 Å². The van der Waals surface area contributed by atoms with Crippen LogP contribution in [0.4, 0.5) is 0 Å². The Hall–Kier alpha value is -2.87. The van der Waals surface area contributed by atoms with Crippen LogP contribution in [-0.2, 0) is 32.0 Å². The second-order valence-corrected chi connectivity index (χ2v) is 23.6. The molecule has 0 saturated heterocycles. The van der Waals surface area contributed by atoms with Crippen molar-refractivity contribution in [2.75, 3.05) is 13.2 Å². The van der Waals surface area contributed by atoms with Crippen molar-refractivity contribution in [2.45, 2.75) is 84.3 Å². The van der Waals surface area contributed by atoms with E-state index in [9.17, 15) is 9.59 Å². The molecule has 0 bridgehead atoms. The predicted octanol–water partition coefficient (Wildman–Crippen LogP) is 5.52. The minimum atomic E-state index is -1.84. The Balaban J connectivity index is 1.63. The van der Waals surface area contributed by atoms with Crippen LogP contribution in [0.1, 0.15) is 38.6 Å². The number of hydrogen-bond donors (Lipinski definition) is 1. The number of amides is 2. The lowest BCUT2D eigenvalue weighted by atomic mass is 10.0.